The minimum Gasteiger partial charge on any atom is -0.507 e. The molecule has 0 spiro atoms. The van der Waals surface area contributed by atoms with Crippen LogP contribution in [0.2, 0.25) is 0 Å². The number of aromatic nitrogens is 3. The van der Waals surface area contributed by atoms with Crippen LogP contribution in [-0.4, -0.2) is 19.6 Å². The Labute approximate surface area is 311 Å². The van der Waals surface area contributed by atoms with Gasteiger partial charge < -0.3 is 5.11 Å². The Morgan fingerprint density at radius 2 is 1.43 bits per heavy atom. The van der Waals surface area contributed by atoms with Crippen molar-refractivity contribution in [1.29, 1.82) is 0 Å². The van der Waals surface area contributed by atoms with Crippen molar-refractivity contribution in [3.8, 4) is 56.3 Å². The summed E-state index contributed by atoms with van der Waals surface area (Å²) in [5.74, 6) is 0.0304. The molecule has 1 N–H and O–H groups in total. The Kier molecular flexibility index (Phi) is 9.49. The number of fused-ring (bicyclic) bond motifs is 1. The molecule has 0 aliphatic heterocycles. The number of hydrogen-bond donors (Lipinski definition) is 1. The number of halogens is 1. The predicted molar refractivity (Wildman–Crippen MR) is 200 cm³/mol. The Balaban J connectivity index is 0.00000406. The van der Waals surface area contributed by atoms with Crippen LogP contribution in [0.3, 0.4) is 0 Å². The summed E-state index contributed by atoms with van der Waals surface area (Å²) in [6, 6.07) is 50.8. The molecule has 8 aromatic rings. The monoisotopic (exact) mass is 845 g/mol. The molecule has 4 nitrogen and oxygen atoms in total. The number of aromatic hydroxyl groups is 1. The molecule has 51 heavy (non-hydrogen) atoms. The molecule has 1 unspecified atom stereocenters. The van der Waals surface area contributed by atoms with Crippen LogP contribution in [0.15, 0.2) is 152 Å². The average Bonchev–Trinajstić information content (AvgIpc) is 3.56. The van der Waals surface area contributed by atoms with Gasteiger partial charge in [-0.05, 0) is 65.9 Å². The third-order valence-corrected chi connectivity index (χ3v) is 9.38. The van der Waals surface area contributed by atoms with Crippen molar-refractivity contribution >= 4 is 11.0 Å². The van der Waals surface area contributed by atoms with Gasteiger partial charge in [0.2, 0.25) is 0 Å². The van der Waals surface area contributed by atoms with Gasteiger partial charge >= 0.3 is 0 Å². The third kappa shape index (κ3) is 6.42. The minimum absolute atomic E-state index is 0. The van der Waals surface area contributed by atoms with E-state index in [1.807, 2.05) is 83.6 Å². The van der Waals surface area contributed by atoms with Gasteiger partial charge in [0, 0.05) is 44.2 Å². The second-order valence-electron chi connectivity index (χ2n) is 12.5. The van der Waals surface area contributed by atoms with E-state index in [2.05, 4.69) is 74.5 Å². The Morgan fingerprint density at radius 1 is 0.725 bits per heavy atom. The molecule has 0 aliphatic carbocycles. The van der Waals surface area contributed by atoms with Gasteiger partial charge in [-0.15, -0.1) is 29.3 Å². The molecule has 0 radical (unpaired) electrons. The van der Waals surface area contributed by atoms with Crippen molar-refractivity contribution in [3.63, 3.8) is 0 Å². The fourth-order valence-electron chi connectivity index (χ4n) is 6.79. The number of hydrogen-bond acceptors (Lipinski definition) is 3. The van der Waals surface area contributed by atoms with E-state index in [9.17, 15) is 9.50 Å². The van der Waals surface area contributed by atoms with Crippen molar-refractivity contribution in [2.24, 2.45) is 0 Å². The van der Waals surface area contributed by atoms with Crippen LogP contribution in [0.5, 0.6) is 5.75 Å². The summed E-state index contributed by atoms with van der Waals surface area (Å²) >= 11 is 0. The molecule has 0 fully saturated rings. The first-order chi connectivity index (χ1) is 24.5. The number of pyridine rings is 1. The summed E-state index contributed by atoms with van der Waals surface area (Å²) in [6.07, 6.45) is 1.96. The van der Waals surface area contributed by atoms with Gasteiger partial charge in [0.15, 0.2) is 0 Å². The van der Waals surface area contributed by atoms with Gasteiger partial charge in [-0.1, -0.05) is 115 Å². The molecule has 2 aromatic heterocycles. The summed E-state index contributed by atoms with van der Waals surface area (Å²) in [6.45, 7) is 4.34. The van der Waals surface area contributed by atoms with Gasteiger partial charge in [0.25, 0.3) is 0 Å². The second kappa shape index (κ2) is 14.3. The van der Waals surface area contributed by atoms with Crippen molar-refractivity contribution in [2.75, 3.05) is 0 Å². The fraction of sp³-hybridized carbons (Fsp3) is 0.0667. The maximum absolute atomic E-state index is 14.6. The normalized spacial score (nSPS) is 11.7. The largest absolute Gasteiger partial charge is 0.507 e. The summed E-state index contributed by atoms with van der Waals surface area (Å²) in [5.41, 5.74) is 11.8. The predicted octanol–water partition coefficient (Wildman–Crippen LogP) is 11.2. The molecule has 0 aliphatic rings. The standard InChI is InChI=1S/C45H33FN3O.Pt/c1-29-25-41(47-28-40(29)32-15-8-4-9-16-32)38-26-33(21-23-36(38)30(2)31-13-6-3-7-14-31)37-19-12-20-42-44(37)48-45(39-27-34(46)22-24-43(39)50)49(42)35-17-10-5-11-18-35;/h3-25,27-28,30,50H,1-2H3;/q-1;. The summed E-state index contributed by atoms with van der Waals surface area (Å²) in [4.78, 5) is 10.1. The molecule has 0 amide bonds. The zero-order valence-corrected chi connectivity index (χ0v) is 30.3. The van der Waals surface area contributed by atoms with Crippen molar-refractivity contribution in [3.05, 3.63) is 180 Å². The first-order valence-electron chi connectivity index (χ1n) is 16.7. The van der Waals surface area contributed by atoms with E-state index in [-0.39, 0.29) is 32.7 Å². The second-order valence-corrected chi connectivity index (χ2v) is 12.5. The van der Waals surface area contributed by atoms with Gasteiger partial charge in [-0.2, -0.15) is 0 Å². The Hall–Kier alpha value is -5.64. The van der Waals surface area contributed by atoms with Gasteiger partial charge in [-0.3, -0.25) is 9.55 Å². The van der Waals surface area contributed by atoms with Crippen LogP contribution in [0.1, 0.15) is 29.5 Å². The topological polar surface area (TPSA) is 50.9 Å². The maximum atomic E-state index is 14.6. The van der Waals surface area contributed by atoms with Crippen molar-refractivity contribution in [2.45, 2.75) is 19.8 Å². The molecule has 0 saturated heterocycles. The number of imidazole rings is 1. The molecular weight excluding hydrogens is 813 g/mol. The smallest absolute Gasteiger partial charge is 0.148 e. The third-order valence-electron chi connectivity index (χ3n) is 9.38. The van der Waals surface area contributed by atoms with Crippen molar-refractivity contribution in [1.82, 2.24) is 14.5 Å². The Bertz CT molecular complexity index is 2480. The van der Waals surface area contributed by atoms with E-state index in [4.69, 9.17) is 9.97 Å². The molecule has 6 aromatic carbocycles. The summed E-state index contributed by atoms with van der Waals surface area (Å²) in [7, 11) is 0. The molecule has 252 valence electrons. The molecular formula is C45H33FN3OPt-. The number of benzene rings is 6. The van der Waals surface area contributed by atoms with Crippen molar-refractivity contribution < 1.29 is 30.6 Å². The number of para-hydroxylation sites is 2. The van der Waals surface area contributed by atoms with E-state index in [0.717, 1.165) is 55.8 Å². The van der Waals surface area contributed by atoms with Crippen LogP contribution in [0.4, 0.5) is 4.39 Å². The van der Waals surface area contributed by atoms with Crippen LogP contribution in [0.25, 0.3) is 61.6 Å². The van der Waals surface area contributed by atoms with Crippen LogP contribution in [0, 0.1) is 18.8 Å². The van der Waals surface area contributed by atoms with Gasteiger partial charge in [0.05, 0.1) is 16.6 Å². The number of rotatable bonds is 7. The van der Waals surface area contributed by atoms with Crippen LogP contribution < -0.4 is 0 Å². The number of nitrogens with zero attached hydrogens (tertiary/aromatic N) is 3. The first kappa shape index (κ1) is 33.8. The molecule has 0 bridgehead atoms. The number of phenolic OH excluding ortho intramolecular Hbond substituents is 1. The summed E-state index contributed by atoms with van der Waals surface area (Å²) in [5, 5.41) is 10.9. The first-order valence-corrected chi connectivity index (χ1v) is 16.7. The average molecular weight is 846 g/mol. The minimum atomic E-state index is -0.452. The molecule has 0 saturated carbocycles. The molecule has 6 heteroatoms. The van der Waals surface area contributed by atoms with E-state index in [0.29, 0.717) is 16.9 Å². The van der Waals surface area contributed by atoms with E-state index < -0.39 is 5.82 Å². The number of phenols is 1. The van der Waals surface area contributed by atoms with E-state index >= 15 is 0 Å². The van der Waals surface area contributed by atoms with E-state index in [1.165, 1.54) is 23.8 Å². The number of aryl methyl sites for hydroxylation is 1. The van der Waals surface area contributed by atoms with Crippen LogP contribution >= 0.6 is 0 Å². The van der Waals surface area contributed by atoms with Gasteiger partial charge in [0.1, 0.15) is 17.4 Å². The Morgan fingerprint density at radius 3 is 2.16 bits per heavy atom. The molecule has 2 heterocycles. The molecule has 8 rings (SSSR count). The fourth-order valence-corrected chi connectivity index (χ4v) is 6.79. The van der Waals surface area contributed by atoms with E-state index in [1.54, 1.807) is 0 Å². The maximum Gasteiger partial charge on any atom is 0.148 e. The van der Waals surface area contributed by atoms with Gasteiger partial charge in [-0.25, -0.2) is 9.37 Å². The zero-order chi connectivity index (χ0) is 34.2. The molecule has 1 atom stereocenters. The summed E-state index contributed by atoms with van der Waals surface area (Å²) < 4.78 is 16.6. The SMILES string of the molecule is Cc1cc(-c2[c-]c(-c3cccc4c3nc(-c3cc(F)ccc3O)n4-c3ccccc3)ccc2C(C)c2ccccc2)ncc1-c1ccccc1.[Pt]. The van der Waals surface area contributed by atoms with Crippen LogP contribution in [-0.2, 0) is 21.1 Å². The quantitative estimate of drug-likeness (QED) is 0.163. The zero-order valence-electron chi connectivity index (χ0n) is 28.0.